The summed E-state index contributed by atoms with van der Waals surface area (Å²) in [5.74, 6) is -1.42. The summed E-state index contributed by atoms with van der Waals surface area (Å²) >= 11 is 0. The summed E-state index contributed by atoms with van der Waals surface area (Å²) in [7, 11) is 0. The van der Waals surface area contributed by atoms with Crippen LogP contribution in [0, 0.1) is 11.8 Å². The third-order valence-corrected chi connectivity index (χ3v) is 6.08. The molecule has 2 aromatic carbocycles. The molecule has 33 heavy (non-hydrogen) atoms. The number of amides is 3. The van der Waals surface area contributed by atoms with Crippen LogP contribution in [0.4, 0.5) is 0 Å². The second-order valence-corrected chi connectivity index (χ2v) is 8.90. The quantitative estimate of drug-likeness (QED) is 0.510. The molecule has 0 fully saturated rings. The van der Waals surface area contributed by atoms with E-state index in [9.17, 15) is 19.2 Å². The van der Waals surface area contributed by atoms with Crippen molar-refractivity contribution in [3.63, 3.8) is 0 Å². The largest absolute Gasteiger partial charge is 0.345 e. The van der Waals surface area contributed by atoms with E-state index in [1.165, 1.54) is 0 Å². The van der Waals surface area contributed by atoms with Gasteiger partial charge < -0.3 is 20.7 Å². The van der Waals surface area contributed by atoms with Crippen molar-refractivity contribution in [2.75, 3.05) is 0 Å². The van der Waals surface area contributed by atoms with E-state index in [-0.39, 0.29) is 17.7 Å². The molecule has 3 N–H and O–H groups in total. The smallest absolute Gasteiger partial charge is 0.251 e. The fourth-order valence-electron chi connectivity index (χ4n) is 4.06. The first-order chi connectivity index (χ1) is 15.8. The average Bonchev–Trinajstić information content (AvgIpc) is 3.24. The molecule has 3 rings (SSSR count). The highest BCUT2D eigenvalue weighted by atomic mass is 16.2. The molecular weight excluding hydrogens is 418 g/mol. The molecule has 2 aromatic rings. The molecule has 0 saturated heterocycles. The van der Waals surface area contributed by atoms with Gasteiger partial charge in [0.05, 0.1) is 6.04 Å². The molecule has 1 aliphatic rings. The second kappa shape index (κ2) is 10.9. The maximum Gasteiger partial charge on any atom is 0.251 e. The zero-order chi connectivity index (χ0) is 24.0. The summed E-state index contributed by atoms with van der Waals surface area (Å²) in [5.41, 5.74) is 2.78. The highest BCUT2D eigenvalue weighted by Crippen LogP contribution is 2.29. The summed E-state index contributed by atoms with van der Waals surface area (Å²) in [5, 5.41) is 8.26. The third-order valence-electron chi connectivity index (χ3n) is 6.08. The molecule has 0 aliphatic heterocycles. The molecule has 0 bridgehead atoms. The van der Waals surface area contributed by atoms with Crippen LogP contribution < -0.4 is 16.0 Å². The zero-order valence-corrected chi connectivity index (χ0v) is 19.2. The van der Waals surface area contributed by atoms with E-state index in [1.54, 1.807) is 31.2 Å². The van der Waals surface area contributed by atoms with Crippen molar-refractivity contribution in [3.05, 3.63) is 71.3 Å². The number of benzene rings is 2. The minimum Gasteiger partial charge on any atom is -0.345 e. The SMILES string of the molecule is CC(NC(=O)C(NC(=O)c1ccccc1)C1Cc2ccccc2C1)C(=O)NC(C=O)C(C)C. The predicted molar refractivity (Wildman–Crippen MR) is 125 cm³/mol. The summed E-state index contributed by atoms with van der Waals surface area (Å²) in [6, 6.07) is 14.4. The predicted octanol–water partition coefficient (Wildman–Crippen LogP) is 2.04. The maximum absolute atomic E-state index is 13.3. The van der Waals surface area contributed by atoms with E-state index in [2.05, 4.69) is 16.0 Å². The average molecular weight is 450 g/mol. The molecule has 0 radical (unpaired) electrons. The van der Waals surface area contributed by atoms with Crippen LogP contribution in [0.15, 0.2) is 54.6 Å². The van der Waals surface area contributed by atoms with Gasteiger partial charge in [-0.05, 0) is 54.9 Å². The Balaban J connectivity index is 1.74. The first-order valence-electron chi connectivity index (χ1n) is 11.3. The summed E-state index contributed by atoms with van der Waals surface area (Å²) < 4.78 is 0. The normalized spacial score (nSPS) is 15.8. The van der Waals surface area contributed by atoms with Crippen LogP contribution in [0.5, 0.6) is 0 Å². The minimum atomic E-state index is -0.862. The van der Waals surface area contributed by atoms with Gasteiger partial charge in [0.2, 0.25) is 11.8 Å². The molecule has 174 valence electrons. The second-order valence-electron chi connectivity index (χ2n) is 8.90. The highest BCUT2D eigenvalue weighted by molar-refractivity contribution is 5.98. The summed E-state index contributed by atoms with van der Waals surface area (Å²) in [6.45, 7) is 5.22. The van der Waals surface area contributed by atoms with E-state index in [4.69, 9.17) is 0 Å². The van der Waals surface area contributed by atoms with Gasteiger partial charge in [-0.3, -0.25) is 14.4 Å². The number of aldehydes is 1. The van der Waals surface area contributed by atoms with Crippen LogP contribution in [0.3, 0.4) is 0 Å². The Hall–Kier alpha value is -3.48. The van der Waals surface area contributed by atoms with Crippen molar-refractivity contribution in [1.29, 1.82) is 0 Å². The van der Waals surface area contributed by atoms with Gasteiger partial charge >= 0.3 is 0 Å². The van der Waals surface area contributed by atoms with E-state index in [1.807, 2.05) is 44.2 Å². The number of rotatable bonds is 9. The molecule has 0 saturated carbocycles. The zero-order valence-electron chi connectivity index (χ0n) is 19.2. The molecule has 3 unspecified atom stereocenters. The standard InChI is InChI=1S/C26H31N3O4/c1-16(2)22(15-30)28-24(31)17(3)27-26(33)23(29-25(32)18-9-5-4-6-10-18)21-13-19-11-7-8-12-20(19)14-21/h4-12,15-17,21-23H,13-14H2,1-3H3,(H,27,33)(H,28,31)(H,29,32). The summed E-state index contributed by atoms with van der Waals surface area (Å²) in [4.78, 5) is 49.9. The number of hydrogen-bond acceptors (Lipinski definition) is 4. The van der Waals surface area contributed by atoms with Crippen LogP contribution in [0.2, 0.25) is 0 Å². The van der Waals surface area contributed by atoms with E-state index in [0.29, 0.717) is 24.7 Å². The fraction of sp³-hybridized carbons (Fsp3) is 0.385. The first kappa shape index (κ1) is 24.2. The van der Waals surface area contributed by atoms with Gasteiger partial charge in [0.15, 0.2) is 0 Å². The van der Waals surface area contributed by atoms with Gasteiger partial charge in [-0.25, -0.2) is 0 Å². The Morgan fingerprint density at radius 3 is 1.94 bits per heavy atom. The fourth-order valence-corrected chi connectivity index (χ4v) is 4.06. The van der Waals surface area contributed by atoms with Crippen LogP contribution in [0.25, 0.3) is 0 Å². The Kier molecular flexibility index (Phi) is 7.98. The van der Waals surface area contributed by atoms with Crippen molar-refractivity contribution in [2.45, 2.75) is 51.7 Å². The Bertz CT molecular complexity index is 981. The molecule has 7 heteroatoms. The van der Waals surface area contributed by atoms with E-state index >= 15 is 0 Å². The van der Waals surface area contributed by atoms with Gasteiger partial charge in [0.1, 0.15) is 18.4 Å². The lowest BCUT2D eigenvalue weighted by Gasteiger charge is -2.26. The maximum atomic E-state index is 13.3. The number of nitrogens with one attached hydrogen (secondary N) is 3. The first-order valence-corrected chi connectivity index (χ1v) is 11.3. The van der Waals surface area contributed by atoms with Crippen molar-refractivity contribution < 1.29 is 19.2 Å². The number of hydrogen-bond donors (Lipinski definition) is 3. The molecule has 7 nitrogen and oxygen atoms in total. The van der Waals surface area contributed by atoms with Crippen molar-refractivity contribution in [1.82, 2.24) is 16.0 Å². The molecule has 0 heterocycles. The number of carbonyl (C=O) groups excluding carboxylic acids is 4. The molecule has 0 spiro atoms. The molecule has 3 atom stereocenters. The van der Waals surface area contributed by atoms with Crippen LogP contribution >= 0.6 is 0 Å². The number of carbonyl (C=O) groups is 4. The van der Waals surface area contributed by atoms with Gasteiger partial charge in [-0.2, -0.15) is 0 Å². The summed E-state index contributed by atoms with van der Waals surface area (Å²) in [6.07, 6.45) is 2.00. The van der Waals surface area contributed by atoms with Gasteiger partial charge in [0, 0.05) is 5.56 Å². The van der Waals surface area contributed by atoms with Crippen LogP contribution in [-0.4, -0.2) is 42.1 Å². The topological polar surface area (TPSA) is 104 Å². The van der Waals surface area contributed by atoms with Crippen molar-refractivity contribution >= 4 is 24.0 Å². The molecule has 0 aromatic heterocycles. The lowest BCUT2D eigenvalue weighted by Crippen LogP contribution is -2.56. The highest BCUT2D eigenvalue weighted by Gasteiger charge is 2.35. The Labute approximate surface area is 194 Å². The Morgan fingerprint density at radius 1 is 0.818 bits per heavy atom. The van der Waals surface area contributed by atoms with Crippen molar-refractivity contribution in [3.8, 4) is 0 Å². The van der Waals surface area contributed by atoms with Gasteiger partial charge in [-0.1, -0.05) is 56.3 Å². The van der Waals surface area contributed by atoms with Crippen LogP contribution in [-0.2, 0) is 27.2 Å². The van der Waals surface area contributed by atoms with Gasteiger partial charge in [0.25, 0.3) is 5.91 Å². The van der Waals surface area contributed by atoms with E-state index < -0.39 is 29.9 Å². The van der Waals surface area contributed by atoms with E-state index in [0.717, 1.165) is 11.1 Å². The third kappa shape index (κ3) is 6.06. The monoisotopic (exact) mass is 449 g/mol. The van der Waals surface area contributed by atoms with Crippen molar-refractivity contribution in [2.24, 2.45) is 11.8 Å². The number of fused-ring (bicyclic) bond motifs is 1. The molecule has 1 aliphatic carbocycles. The molecule has 3 amide bonds. The van der Waals surface area contributed by atoms with Crippen LogP contribution in [0.1, 0.15) is 42.3 Å². The minimum absolute atomic E-state index is 0.0655. The van der Waals surface area contributed by atoms with Gasteiger partial charge in [-0.15, -0.1) is 0 Å². The molecular formula is C26H31N3O4. The lowest BCUT2D eigenvalue weighted by atomic mass is 9.95. The lowest BCUT2D eigenvalue weighted by molar-refractivity contribution is -0.131. The Morgan fingerprint density at radius 2 is 1.39 bits per heavy atom.